The Balaban J connectivity index is 1.45. The number of aryl methyl sites for hydroxylation is 2. The van der Waals surface area contributed by atoms with Gasteiger partial charge in [-0.2, -0.15) is 30.0 Å². The molecule has 10 heteroatoms. The third-order valence-corrected chi connectivity index (χ3v) is 18.4. The second-order valence-corrected chi connectivity index (χ2v) is 26.1. The topological polar surface area (TPSA) is 95.6 Å². The first kappa shape index (κ1) is 58.6. The van der Waals surface area contributed by atoms with Crippen molar-refractivity contribution < 1.29 is 9.59 Å². The lowest BCUT2D eigenvalue weighted by molar-refractivity contribution is 0.111. The number of aromatic nitrogens is 6. The maximum absolute atomic E-state index is 12.8. The molecule has 0 amide bonds. The first-order chi connectivity index (χ1) is 37.5. The Morgan fingerprint density at radius 2 is 0.718 bits per heavy atom. The van der Waals surface area contributed by atoms with Gasteiger partial charge in [0, 0.05) is 43.1 Å². The van der Waals surface area contributed by atoms with Crippen LogP contribution in [0, 0.1) is 0 Å². The number of hydrogen-bond acceptors (Lipinski definition) is 8. The summed E-state index contributed by atoms with van der Waals surface area (Å²) in [6.07, 6.45) is 15.9. The van der Waals surface area contributed by atoms with Gasteiger partial charge in [-0.1, -0.05) is 198 Å². The molecule has 0 fully saturated rings. The molecule has 4 aromatic carbocycles. The van der Waals surface area contributed by atoms with Gasteiger partial charge in [-0.15, -0.1) is 22.7 Å². The third kappa shape index (κ3) is 12.6. The Bertz CT molecular complexity index is 3080. The molecule has 0 unspecified atom stereocenters. The van der Waals surface area contributed by atoms with Crippen molar-refractivity contribution >= 4 is 57.3 Å². The molecule has 0 N–H and O–H groups in total. The lowest BCUT2D eigenvalue weighted by atomic mass is 9.80. The Hall–Kier alpha value is -5.58. The molecule has 0 bridgehead atoms. The molecule has 0 saturated carbocycles. The van der Waals surface area contributed by atoms with E-state index in [1.807, 2.05) is 44.4 Å². The molecule has 0 radical (unpaired) electrons. The second-order valence-electron chi connectivity index (χ2n) is 23.9. The highest BCUT2D eigenvalue weighted by Gasteiger charge is 2.31. The molecule has 0 aliphatic carbocycles. The predicted octanol–water partition coefficient (Wildman–Crippen LogP) is 20.7. The van der Waals surface area contributed by atoms with E-state index in [0.717, 1.165) is 70.2 Å². The fourth-order valence-electron chi connectivity index (χ4n) is 11.3. The summed E-state index contributed by atoms with van der Waals surface area (Å²) in [5, 5.41) is 20.5. The number of carbonyl (C=O) groups is 2. The number of benzene rings is 4. The van der Waals surface area contributed by atoms with Crippen molar-refractivity contribution in [1.82, 2.24) is 30.0 Å². The normalized spacial score (nSPS) is 12.2. The standard InChI is InChI=1S/C68H88N6O2S2/c1-15-17-19-21-23-25-31-73-69-63-47(39-75)27-29-51(65(63)71-73)59-37-57(61-53(43(7)8)33-49(41(3)4)34-54(61)44(9)10)67(77-59)68-58(62-55(45(11)12)35-50(42(5)6)36-56(62)46(13)14)38-60(78-68)52-30-28-48(40-76)64-66(52)72-74(70-64)32-26-24-22-20-18-16-2/h27-30,33-46H,15-26,31-32H2,1-14H3. The molecule has 78 heavy (non-hydrogen) atoms. The van der Waals surface area contributed by atoms with Crippen molar-refractivity contribution in [3.8, 4) is 52.9 Å². The Morgan fingerprint density at radius 3 is 1.03 bits per heavy atom. The van der Waals surface area contributed by atoms with Crippen LogP contribution in [0.5, 0.6) is 0 Å². The number of nitrogens with zero attached hydrogens (tertiary/aromatic N) is 6. The van der Waals surface area contributed by atoms with E-state index >= 15 is 0 Å². The number of rotatable bonds is 27. The summed E-state index contributed by atoms with van der Waals surface area (Å²) in [6.45, 7) is 33.9. The average molecular weight is 1090 g/mol. The van der Waals surface area contributed by atoms with Crippen LogP contribution >= 0.6 is 22.7 Å². The van der Waals surface area contributed by atoms with Crippen molar-refractivity contribution in [1.29, 1.82) is 0 Å². The molecule has 8 aromatic rings. The van der Waals surface area contributed by atoms with E-state index in [9.17, 15) is 9.59 Å². The smallest absolute Gasteiger partial charge is 0.152 e. The van der Waals surface area contributed by atoms with Crippen LogP contribution in [0.25, 0.3) is 75.0 Å². The van der Waals surface area contributed by atoms with Crippen molar-refractivity contribution in [2.75, 3.05) is 0 Å². The summed E-state index contributed by atoms with van der Waals surface area (Å²) in [4.78, 5) is 33.8. The van der Waals surface area contributed by atoms with Crippen LogP contribution in [0.1, 0.15) is 264 Å². The minimum absolute atomic E-state index is 0.249. The maximum atomic E-state index is 12.8. The zero-order valence-corrected chi connectivity index (χ0v) is 51.2. The first-order valence-electron chi connectivity index (χ1n) is 29.8. The zero-order valence-electron chi connectivity index (χ0n) is 49.6. The van der Waals surface area contributed by atoms with Crippen molar-refractivity contribution in [2.24, 2.45) is 0 Å². The maximum Gasteiger partial charge on any atom is 0.152 e. The molecular formula is C68H88N6O2S2. The van der Waals surface area contributed by atoms with E-state index in [0.29, 0.717) is 47.1 Å². The highest BCUT2D eigenvalue weighted by molar-refractivity contribution is 7.26. The quantitative estimate of drug-likeness (QED) is 0.0376. The molecular weight excluding hydrogens is 997 g/mol. The summed E-state index contributed by atoms with van der Waals surface area (Å²) >= 11 is 3.66. The number of aldehydes is 2. The number of unbranched alkanes of at least 4 members (excludes halogenated alkanes) is 10. The van der Waals surface area contributed by atoms with Crippen LogP contribution in [0.4, 0.5) is 0 Å². The number of hydrogen-bond donors (Lipinski definition) is 0. The molecule has 0 aliphatic heterocycles. The van der Waals surface area contributed by atoms with E-state index < -0.39 is 0 Å². The van der Waals surface area contributed by atoms with E-state index in [4.69, 9.17) is 20.4 Å². The van der Waals surface area contributed by atoms with E-state index in [-0.39, 0.29) is 23.7 Å². The van der Waals surface area contributed by atoms with Gasteiger partial charge in [0.2, 0.25) is 0 Å². The molecule has 414 valence electrons. The lowest BCUT2D eigenvalue weighted by Crippen LogP contribution is -2.04. The minimum Gasteiger partial charge on any atom is -0.298 e. The van der Waals surface area contributed by atoms with Gasteiger partial charge in [0.15, 0.2) is 12.6 Å². The molecule has 0 saturated heterocycles. The highest BCUT2D eigenvalue weighted by atomic mass is 32.1. The van der Waals surface area contributed by atoms with Gasteiger partial charge in [0.25, 0.3) is 0 Å². The molecule has 8 nitrogen and oxygen atoms in total. The number of thiophene rings is 2. The van der Waals surface area contributed by atoms with E-state index in [2.05, 4.69) is 145 Å². The number of carbonyl (C=O) groups excluding carboxylic acids is 2. The van der Waals surface area contributed by atoms with Crippen LogP contribution in [0.15, 0.2) is 60.7 Å². The second kappa shape index (κ2) is 26.1. The Kier molecular flexibility index (Phi) is 19.6. The van der Waals surface area contributed by atoms with Crippen LogP contribution in [0.3, 0.4) is 0 Å². The Morgan fingerprint density at radius 1 is 0.397 bits per heavy atom. The highest BCUT2D eigenvalue weighted by Crippen LogP contribution is 2.56. The molecule has 0 atom stereocenters. The molecule has 0 spiro atoms. The monoisotopic (exact) mass is 1080 g/mol. The van der Waals surface area contributed by atoms with Crippen LogP contribution in [-0.2, 0) is 13.1 Å². The average Bonchev–Trinajstić information content (AvgIpc) is 4.40. The molecule has 4 heterocycles. The minimum atomic E-state index is 0.249. The summed E-state index contributed by atoms with van der Waals surface area (Å²) in [7, 11) is 0. The molecule has 0 aliphatic rings. The van der Waals surface area contributed by atoms with Gasteiger partial charge in [-0.25, -0.2) is 0 Å². The van der Waals surface area contributed by atoms with E-state index in [1.165, 1.54) is 117 Å². The van der Waals surface area contributed by atoms with Crippen LogP contribution < -0.4 is 0 Å². The summed E-state index contributed by atoms with van der Waals surface area (Å²) in [5.41, 5.74) is 19.0. The number of fused-ring (bicyclic) bond motifs is 2. The van der Waals surface area contributed by atoms with Gasteiger partial charge in [-0.05, 0) is 117 Å². The van der Waals surface area contributed by atoms with Gasteiger partial charge >= 0.3 is 0 Å². The van der Waals surface area contributed by atoms with Crippen molar-refractivity contribution in [3.63, 3.8) is 0 Å². The third-order valence-electron chi connectivity index (χ3n) is 15.9. The largest absolute Gasteiger partial charge is 0.298 e. The summed E-state index contributed by atoms with van der Waals surface area (Å²) in [5.74, 6) is 1.73. The fraction of sp³-hybridized carbons (Fsp3) is 0.500. The van der Waals surface area contributed by atoms with Crippen LogP contribution in [-0.4, -0.2) is 42.6 Å². The molecule has 8 rings (SSSR count). The SMILES string of the molecule is CCCCCCCCn1nc2c(C=O)ccc(-c3cc(-c4c(C(C)C)cc(C(C)C)cc4C(C)C)c(-c4sc(-c5ccc(C=O)c6nn(CCCCCCCC)nc56)cc4-c4c(C(C)C)cc(C(C)C)cc4C(C)C)s3)c2n1. The van der Waals surface area contributed by atoms with E-state index in [1.54, 1.807) is 0 Å². The zero-order chi connectivity index (χ0) is 55.9. The first-order valence-corrected chi connectivity index (χ1v) is 31.4. The summed E-state index contributed by atoms with van der Waals surface area (Å²) < 4.78 is 0. The van der Waals surface area contributed by atoms with Crippen molar-refractivity contribution in [3.05, 3.63) is 105 Å². The van der Waals surface area contributed by atoms with Gasteiger partial charge < -0.3 is 0 Å². The lowest BCUT2D eigenvalue weighted by Gasteiger charge is -2.25. The van der Waals surface area contributed by atoms with Gasteiger partial charge in [0.1, 0.15) is 22.1 Å². The van der Waals surface area contributed by atoms with Gasteiger partial charge in [-0.3, -0.25) is 9.59 Å². The van der Waals surface area contributed by atoms with Gasteiger partial charge in [0.05, 0.1) is 22.8 Å². The van der Waals surface area contributed by atoms with Crippen LogP contribution in [0.2, 0.25) is 0 Å². The fourth-order valence-corrected chi connectivity index (χ4v) is 13.8. The molecule has 4 aromatic heterocycles. The predicted molar refractivity (Wildman–Crippen MR) is 334 cm³/mol. The summed E-state index contributed by atoms with van der Waals surface area (Å²) in [6, 6.07) is 22.8. The Labute approximate surface area is 474 Å². The van der Waals surface area contributed by atoms with Crippen molar-refractivity contribution in [2.45, 2.75) is 223 Å².